The van der Waals surface area contributed by atoms with E-state index in [4.69, 9.17) is 4.74 Å². The Morgan fingerprint density at radius 1 is 1.00 bits per heavy atom. The molecule has 0 aliphatic carbocycles. The minimum atomic E-state index is -0.410. The van der Waals surface area contributed by atoms with Gasteiger partial charge >= 0.3 is 5.97 Å². The van der Waals surface area contributed by atoms with Gasteiger partial charge in [0.1, 0.15) is 0 Å². The van der Waals surface area contributed by atoms with Crippen LogP contribution >= 0.6 is 11.8 Å². The van der Waals surface area contributed by atoms with Crippen molar-refractivity contribution in [2.75, 3.05) is 17.7 Å². The minimum absolute atomic E-state index is 0.0640. The third-order valence-electron chi connectivity index (χ3n) is 3.50. The quantitative estimate of drug-likeness (QED) is 0.620. The minimum Gasteiger partial charge on any atom is -0.455 e. The summed E-state index contributed by atoms with van der Waals surface area (Å²) < 4.78 is 5.00. The van der Waals surface area contributed by atoms with Crippen molar-refractivity contribution in [2.24, 2.45) is 0 Å². The van der Waals surface area contributed by atoms with Crippen LogP contribution in [0, 0.1) is 0 Å². The van der Waals surface area contributed by atoms with Gasteiger partial charge in [-0.1, -0.05) is 51.1 Å². The molecule has 0 atom stereocenters. The summed E-state index contributed by atoms with van der Waals surface area (Å²) in [6, 6.07) is 17.3. The van der Waals surface area contributed by atoms with Gasteiger partial charge in [0.2, 0.25) is 0 Å². The Labute approximate surface area is 153 Å². The van der Waals surface area contributed by atoms with Gasteiger partial charge in [-0.15, -0.1) is 11.8 Å². The highest BCUT2D eigenvalue weighted by molar-refractivity contribution is 8.00. The Balaban J connectivity index is 1.74. The van der Waals surface area contributed by atoms with Crippen molar-refractivity contribution < 1.29 is 14.3 Å². The van der Waals surface area contributed by atoms with Gasteiger partial charge in [-0.25, -0.2) is 0 Å². The molecular weight excluding hydrogens is 334 g/mol. The second-order valence-electron chi connectivity index (χ2n) is 6.64. The van der Waals surface area contributed by atoms with Gasteiger partial charge in [-0.2, -0.15) is 0 Å². The van der Waals surface area contributed by atoms with E-state index in [1.165, 1.54) is 17.3 Å². The van der Waals surface area contributed by atoms with Crippen LogP contribution in [0.25, 0.3) is 0 Å². The number of ether oxygens (including phenoxy) is 1. The molecule has 0 aromatic heterocycles. The van der Waals surface area contributed by atoms with Crippen LogP contribution in [-0.2, 0) is 19.7 Å². The molecule has 0 heterocycles. The third-order valence-corrected chi connectivity index (χ3v) is 4.48. The lowest BCUT2D eigenvalue weighted by Crippen LogP contribution is -2.21. The van der Waals surface area contributed by atoms with Crippen molar-refractivity contribution in [1.82, 2.24) is 0 Å². The van der Waals surface area contributed by atoms with Crippen LogP contribution in [0.1, 0.15) is 26.3 Å². The lowest BCUT2D eigenvalue weighted by Gasteiger charge is -2.19. The molecule has 4 nitrogen and oxygen atoms in total. The highest BCUT2D eigenvalue weighted by Crippen LogP contribution is 2.23. The first-order chi connectivity index (χ1) is 11.8. The van der Waals surface area contributed by atoms with Crippen molar-refractivity contribution in [3.05, 3.63) is 60.2 Å². The van der Waals surface area contributed by atoms with Crippen LogP contribution in [-0.4, -0.2) is 24.2 Å². The largest absolute Gasteiger partial charge is 0.455 e. The fraction of sp³-hybridized carbons (Fsp3) is 0.300. The summed E-state index contributed by atoms with van der Waals surface area (Å²) in [5, 5.41) is 2.73. The zero-order chi connectivity index (χ0) is 18.3. The van der Waals surface area contributed by atoms with Crippen LogP contribution in [0.15, 0.2) is 59.5 Å². The molecule has 0 spiro atoms. The predicted octanol–water partition coefficient (Wildman–Crippen LogP) is 4.26. The predicted molar refractivity (Wildman–Crippen MR) is 102 cm³/mol. The number of esters is 1. The first-order valence-electron chi connectivity index (χ1n) is 8.08. The molecule has 0 bridgehead atoms. The molecule has 0 saturated heterocycles. The summed E-state index contributed by atoms with van der Waals surface area (Å²) in [5.74, 6) is -0.578. The molecule has 0 unspecified atom stereocenters. The van der Waals surface area contributed by atoms with E-state index >= 15 is 0 Å². The number of carbonyl (C=O) groups is 2. The molecule has 0 saturated carbocycles. The first kappa shape index (κ1) is 19.1. The lowest BCUT2D eigenvalue weighted by molar-refractivity contribution is -0.144. The number of thioether (sulfide) groups is 1. The molecule has 2 aromatic rings. The Morgan fingerprint density at radius 3 is 2.24 bits per heavy atom. The van der Waals surface area contributed by atoms with Crippen LogP contribution in [0.4, 0.5) is 5.69 Å². The molecule has 0 aliphatic rings. The molecule has 0 fully saturated rings. The molecule has 2 rings (SSSR count). The molecule has 1 amide bonds. The zero-order valence-corrected chi connectivity index (χ0v) is 15.6. The van der Waals surface area contributed by atoms with Gasteiger partial charge in [0.05, 0.1) is 5.75 Å². The van der Waals surface area contributed by atoms with E-state index in [0.717, 1.165) is 4.90 Å². The zero-order valence-electron chi connectivity index (χ0n) is 14.7. The van der Waals surface area contributed by atoms with Crippen LogP contribution in [0.5, 0.6) is 0 Å². The smallest absolute Gasteiger partial charge is 0.316 e. The van der Waals surface area contributed by atoms with E-state index in [1.54, 1.807) is 0 Å². The number of hydrogen-bond donors (Lipinski definition) is 1. The first-order valence-corrected chi connectivity index (χ1v) is 9.07. The molecular formula is C20H23NO3S. The van der Waals surface area contributed by atoms with Crippen LogP contribution in [0.3, 0.4) is 0 Å². The highest BCUT2D eigenvalue weighted by Gasteiger charge is 2.13. The number of anilines is 1. The molecule has 0 aliphatic heterocycles. The van der Waals surface area contributed by atoms with E-state index in [0.29, 0.717) is 5.69 Å². The number of rotatable bonds is 6. The average Bonchev–Trinajstić information content (AvgIpc) is 2.59. The van der Waals surface area contributed by atoms with E-state index in [1.807, 2.05) is 54.6 Å². The fourth-order valence-corrected chi connectivity index (χ4v) is 2.81. The second kappa shape index (κ2) is 8.72. The number of carbonyl (C=O) groups excluding carboxylic acids is 2. The van der Waals surface area contributed by atoms with E-state index in [-0.39, 0.29) is 23.7 Å². The van der Waals surface area contributed by atoms with Gasteiger partial charge in [0, 0.05) is 10.6 Å². The molecule has 2 aromatic carbocycles. The Morgan fingerprint density at radius 2 is 1.64 bits per heavy atom. The second-order valence-corrected chi connectivity index (χ2v) is 7.69. The molecule has 25 heavy (non-hydrogen) atoms. The Hall–Kier alpha value is -2.27. The van der Waals surface area contributed by atoms with Crippen molar-refractivity contribution in [1.29, 1.82) is 0 Å². The van der Waals surface area contributed by atoms with Gasteiger partial charge in [-0.3, -0.25) is 9.59 Å². The summed E-state index contributed by atoms with van der Waals surface area (Å²) in [5.41, 5.74) is 1.94. The van der Waals surface area contributed by atoms with Gasteiger partial charge in [0.15, 0.2) is 6.61 Å². The lowest BCUT2D eigenvalue weighted by atomic mass is 9.87. The summed E-state index contributed by atoms with van der Waals surface area (Å²) in [6.07, 6.45) is 0. The van der Waals surface area contributed by atoms with Gasteiger partial charge < -0.3 is 10.1 Å². The van der Waals surface area contributed by atoms with Crippen molar-refractivity contribution in [3.8, 4) is 0 Å². The molecule has 1 N–H and O–H groups in total. The summed E-state index contributed by atoms with van der Waals surface area (Å²) in [6.45, 7) is 6.11. The highest BCUT2D eigenvalue weighted by atomic mass is 32.2. The number of nitrogens with one attached hydrogen (secondary N) is 1. The standard InChI is InChI=1S/C20H23NO3S/c1-20(2,3)15-9-11-16(12-10-15)21-18(22)13-24-19(23)14-25-17-7-5-4-6-8-17/h4-12H,13-14H2,1-3H3,(H,21,22). The van der Waals surface area contributed by atoms with E-state index < -0.39 is 5.97 Å². The average molecular weight is 357 g/mol. The third kappa shape index (κ3) is 6.63. The van der Waals surface area contributed by atoms with Crippen LogP contribution in [0.2, 0.25) is 0 Å². The number of amides is 1. The maximum atomic E-state index is 11.9. The Kier molecular flexibility index (Phi) is 6.65. The number of hydrogen-bond acceptors (Lipinski definition) is 4. The summed E-state index contributed by atoms with van der Waals surface area (Å²) >= 11 is 1.38. The van der Waals surface area contributed by atoms with Crippen LogP contribution < -0.4 is 5.32 Å². The topological polar surface area (TPSA) is 55.4 Å². The van der Waals surface area contributed by atoms with Crippen molar-refractivity contribution in [3.63, 3.8) is 0 Å². The summed E-state index contributed by atoms with van der Waals surface area (Å²) in [7, 11) is 0. The monoisotopic (exact) mass is 357 g/mol. The normalized spacial score (nSPS) is 11.0. The van der Waals surface area contributed by atoms with Crippen molar-refractivity contribution in [2.45, 2.75) is 31.1 Å². The fourth-order valence-electron chi connectivity index (χ4n) is 2.10. The van der Waals surface area contributed by atoms with Crippen molar-refractivity contribution >= 4 is 29.3 Å². The van der Waals surface area contributed by atoms with Gasteiger partial charge in [0.25, 0.3) is 5.91 Å². The molecule has 5 heteroatoms. The van der Waals surface area contributed by atoms with Gasteiger partial charge in [-0.05, 0) is 35.2 Å². The summed E-state index contributed by atoms with van der Waals surface area (Å²) in [4.78, 5) is 24.6. The molecule has 0 radical (unpaired) electrons. The Bertz CT molecular complexity index is 706. The maximum Gasteiger partial charge on any atom is 0.316 e. The van der Waals surface area contributed by atoms with E-state index in [9.17, 15) is 9.59 Å². The SMILES string of the molecule is CC(C)(C)c1ccc(NC(=O)COC(=O)CSc2ccccc2)cc1. The number of benzene rings is 2. The maximum absolute atomic E-state index is 11.9. The molecule has 132 valence electrons. The van der Waals surface area contributed by atoms with E-state index in [2.05, 4.69) is 26.1 Å².